The van der Waals surface area contributed by atoms with E-state index in [0.29, 0.717) is 11.6 Å². The molecule has 0 amide bonds. The highest BCUT2D eigenvalue weighted by molar-refractivity contribution is 5.54. The Morgan fingerprint density at radius 1 is 1.22 bits per heavy atom. The van der Waals surface area contributed by atoms with Gasteiger partial charge in [0, 0.05) is 17.9 Å². The average Bonchev–Trinajstić information content (AvgIpc) is 2.80. The van der Waals surface area contributed by atoms with Crippen LogP contribution in [-0.2, 0) is 0 Å². The number of rotatable bonds is 15. The number of nitrogens with two attached hydrogens (primary N) is 1. The van der Waals surface area contributed by atoms with Crippen LogP contribution < -0.4 is 16.4 Å². The second-order valence-corrected chi connectivity index (χ2v) is 9.22. The molecule has 0 heterocycles. The lowest BCUT2D eigenvalue weighted by molar-refractivity contribution is 0.0436. The molecule has 4 N–H and O–H groups in total. The Morgan fingerprint density at radius 3 is 2.69 bits per heavy atom. The van der Waals surface area contributed by atoms with E-state index >= 15 is 0 Å². The quantitative estimate of drug-likeness (QED) is 0.127. The molecule has 0 atom stereocenters. The fourth-order valence-electron chi connectivity index (χ4n) is 3.37. The summed E-state index contributed by atoms with van der Waals surface area (Å²) >= 11 is 0. The van der Waals surface area contributed by atoms with Gasteiger partial charge in [0.15, 0.2) is 0 Å². The van der Waals surface area contributed by atoms with Crippen molar-refractivity contribution < 1.29 is 8.78 Å². The Hall–Kier alpha value is -3.15. The highest BCUT2D eigenvalue weighted by Crippen LogP contribution is 2.25. The third-order valence-corrected chi connectivity index (χ3v) is 5.36. The van der Waals surface area contributed by atoms with Gasteiger partial charge < -0.3 is 16.4 Å². The summed E-state index contributed by atoms with van der Waals surface area (Å²) in [5, 5.41) is 6.31. The predicted octanol–water partition coefficient (Wildman–Crippen LogP) is 7.25. The number of halogens is 2. The van der Waals surface area contributed by atoms with Crippen molar-refractivity contribution in [2.45, 2.75) is 65.7 Å². The number of hydrogen-bond acceptors (Lipinski definition) is 3. The molecule has 0 radical (unpaired) electrons. The molecule has 0 unspecified atom stereocenters. The van der Waals surface area contributed by atoms with Crippen LogP contribution in [0.4, 0.5) is 8.78 Å². The van der Waals surface area contributed by atoms with E-state index in [-0.39, 0.29) is 5.70 Å². The Morgan fingerprint density at radius 2 is 2.00 bits per heavy atom. The molecule has 36 heavy (non-hydrogen) atoms. The largest absolute Gasteiger partial charge is 0.390 e. The van der Waals surface area contributed by atoms with E-state index in [1.54, 1.807) is 12.2 Å². The van der Waals surface area contributed by atoms with Gasteiger partial charge in [-0.15, -0.1) is 0 Å². The lowest BCUT2D eigenvalue weighted by Crippen LogP contribution is -2.33. The first-order valence-corrected chi connectivity index (χ1v) is 12.8. The highest BCUT2D eigenvalue weighted by atomic mass is 19.3. The van der Waals surface area contributed by atoms with Gasteiger partial charge in [0.05, 0.1) is 12.9 Å². The molecule has 0 aromatic heterocycles. The first-order valence-electron chi connectivity index (χ1n) is 12.8. The Labute approximate surface area is 216 Å². The predicted molar refractivity (Wildman–Crippen MR) is 152 cm³/mol. The molecule has 198 valence electrons. The zero-order valence-electron chi connectivity index (χ0n) is 22.4. The summed E-state index contributed by atoms with van der Waals surface area (Å²) in [4.78, 5) is 3.71. The van der Waals surface area contributed by atoms with Crippen molar-refractivity contribution in [1.82, 2.24) is 10.6 Å². The summed E-state index contributed by atoms with van der Waals surface area (Å²) in [6.45, 7) is 12.6. The molecule has 0 saturated carbocycles. The maximum atomic E-state index is 14.8. The highest BCUT2D eigenvalue weighted by Gasteiger charge is 2.33. The fraction of sp³-hybridized carbons (Fsp3) is 0.433. The van der Waals surface area contributed by atoms with Crippen molar-refractivity contribution in [3.8, 4) is 0 Å². The molecule has 1 aliphatic rings. The maximum absolute atomic E-state index is 14.8. The van der Waals surface area contributed by atoms with Crippen molar-refractivity contribution in [2.75, 3.05) is 13.1 Å². The number of nitrogens with zero attached hydrogens (tertiary/aromatic N) is 1. The van der Waals surface area contributed by atoms with Crippen molar-refractivity contribution >= 4 is 6.34 Å². The molecule has 1 rings (SSSR count). The molecule has 0 aliphatic heterocycles. The van der Waals surface area contributed by atoms with Crippen LogP contribution >= 0.6 is 0 Å². The van der Waals surface area contributed by atoms with Gasteiger partial charge in [-0.3, -0.25) is 0 Å². The van der Waals surface area contributed by atoms with E-state index in [2.05, 4.69) is 42.1 Å². The fourth-order valence-corrected chi connectivity index (χ4v) is 3.37. The molecule has 0 spiro atoms. The zero-order chi connectivity index (χ0) is 26.8. The van der Waals surface area contributed by atoms with Gasteiger partial charge in [-0.05, 0) is 56.8 Å². The third kappa shape index (κ3) is 13.7. The number of hydrogen-bond donors (Lipinski definition) is 3. The number of alkyl halides is 2. The molecule has 0 bridgehead atoms. The van der Waals surface area contributed by atoms with E-state index in [4.69, 9.17) is 5.73 Å². The first kappa shape index (κ1) is 30.9. The van der Waals surface area contributed by atoms with E-state index in [1.807, 2.05) is 50.3 Å². The lowest BCUT2D eigenvalue weighted by atomic mass is 10.1. The van der Waals surface area contributed by atoms with E-state index in [0.717, 1.165) is 61.8 Å². The van der Waals surface area contributed by atoms with Gasteiger partial charge in [-0.2, -0.15) is 8.78 Å². The summed E-state index contributed by atoms with van der Waals surface area (Å²) in [5.74, 6) is -2.63. The Balaban J connectivity index is 2.62. The molecule has 0 aromatic carbocycles. The maximum Gasteiger partial charge on any atom is 0.306 e. The number of nitrogens with one attached hydrogen (secondary N) is 2. The van der Waals surface area contributed by atoms with Gasteiger partial charge in [0.25, 0.3) is 0 Å². The summed E-state index contributed by atoms with van der Waals surface area (Å²) in [5.41, 5.74) is 8.81. The van der Waals surface area contributed by atoms with Crippen LogP contribution in [0, 0.1) is 5.92 Å². The number of allylic oxidation sites excluding steroid dienone is 12. The molecule has 0 saturated heterocycles. The standard InChI is InChI=1S/C30H44F2N4/c1-6-11-25(4)18-19-29(36-23-33)30(31,32)22-35-28-16-9-14-27(15-10-17-28)34-21-20-26(5)13-8-7-12-24(2)3/h7-9,12-14,16-19,23-24,34-35H,5-6,10-11,15,20-22H2,1-4H3,(H2,33,36)/b12-7-,13-8-,16-9-,25-18+,27-14+,28-17-,29-19-. The van der Waals surface area contributed by atoms with E-state index in [1.165, 1.54) is 6.08 Å². The molecule has 0 fully saturated rings. The van der Waals surface area contributed by atoms with Gasteiger partial charge in [0.2, 0.25) is 0 Å². The molecular formula is C30H44F2N4. The smallest absolute Gasteiger partial charge is 0.306 e. The van der Waals surface area contributed by atoms with Crippen LogP contribution in [0.1, 0.15) is 59.8 Å². The van der Waals surface area contributed by atoms with Crippen LogP contribution in [0.3, 0.4) is 0 Å². The van der Waals surface area contributed by atoms with Crippen LogP contribution in [-0.4, -0.2) is 25.4 Å². The van der Waals surface area contributed by atoms with Crippen LogP contribution in [0.25, 0.3) is 0 Å². The van der Waals surface area contributed by atoms with E-state index in [9.17, 15) is 8.78 Å². The Kier molecular flexibility index (Phi) is 14.8. The normalized spacial score (nSPS) is 19.8. The molecular weight excluding hydrogens is 454 g/mol. The molecule has 6 heteroatoms. The van der Waals surface area contributed by atoms with Crippen molar-refractivity contribution in [3.05, 3.63) is 95.6 Å². The van der Waals surface area contributed by atoms with Crippen molar-refractivity contribution in [3.63, 3.8) is 0 Å². The van der Waals surface area contributed by atoms with Gasteiger partial charge in [0.1, 0.15) is 5.70 Å². The number of aliphatic imine (C=N–C) groups is 1. The molecule has 0 aromatic rings. The average molecular weight is 499 g/mol. The van der Waals surface area contributed by atoms with E-state index < -0.39 is 12.5 Å². The third-order valence-electron chi connectivity index (χ3n) is 5.36. The molecule has 4 nitrogen and oxygen atoms in total. The zero-order valence-corrected chi connectivity index (χ0v) is 22.4. The SMILES string of the molecule is C=C(/C=C\C=C/C(C)C)CCN/C1=C/C=C\C(NCC(F)(F)C(=C/C=C(\C)CCC)/N=C/N)=C\CC1. The summed E-state index contributed by atoms with van der Waals surface area (Å²) in [6.07, 6.45) is 24.0. The molecule has 1 aliphatic carbocycles. The summed E-state index contributed by atoms with van der Waals surface area (Å²) in [6, 6.07) is 0. The monoisotopic (exact) mass is 498 g/mol. The summed E-state index contributed by atoms with van der Waals surface area (Å²) < 4.78 is 29.7. The van der Waals surface area contributed by atoms with Crippen LogP contribution in [0.5, 0.6) is 0 Å². The van der Waals surface area contributed by atoms with Gasteiger partial charge >= 0.3 is 5.92 Å². The topological polar surface area (TPSA) is 62.4 Å². The Bertz CT molecular complexity index is 929. The first-order chi connectivity index (χ1) is 17.2. The van der Waals surface area contributed by atoms with Crippen LogP contribution in [0.2, 0.25) is 0 Å². The van der Waals surface area contributed by atoms with Crippen molar-refractivity contribution in [1.29, 1.82) is 0 Å². The second-order valence-electron chi connectivity index (χ2n) is 9.22. The minimum Gasteiger partial charge on any atom is -0.390 e. The van der Waals surface area contributed by atoms with Gasteiger partial charge in [-0.25, -0.2) is 4.99 Å². The minimum absolute atomic E-state index is 0.359. The van der Waals surface area contributed by atoms with Gasteiger partial charge in [-0.1, -0.05) is 87.4 Å². The van der Waals surface area contributed by atoms with Crippen LogP contribution in [0.15, 0.2) is 101 Å². The lowest BCUT2D eigenvalue weighted by Gasteiger charge is -2.19. The van der Waals surface area contributed by atoms with Crippen molar-refractivity contribution in [2.24, 2.45) is 16.6 Å². The second kappa shape index (κ2) is 17.3. The summed E-state index contributed by atoms with van der Waals surface area (Å²) in [7, 11) is 0. The minimum atomic E-state index is -3.17.